The second-order valence-electron chi connectivity index (χ2n) is 7.84. The smallest absolute Gasteiger partial charge is 0.248 e. The molecule has 0 fully saturated rings. The van der Waals surface area contributed by atoms with Gasteiger partial charge in [0, 0.05) is 60.9 Å². The zero-order chi connectivity index (χ0) is 22.8. The molecule has 2 aromatic heterocycles. The van der Waals surface area contributed by atoms with Crippen molar-refractivity contribution in [2.24, 2.45) is 0 Å². The molecule has 3 aromatic rings. The van der Waals surface area contributed by atoms with E-state index in [-0.39, 0.29) is 11.8 Å². The van der Waals surface area contributed by atoms with Crippen LogP contribution >= 0.6 is 23.2 Å². The van der Waals surface area contributed by atoms with E-state index in [0.29, 0.717) is 49.1 Å². The molecular weight excluding hydrogens is 453 g/mol. The Morgan fingerprint density at radius 1 is 1.34 bits per heavy atom. The van der Waals surface area contributed by atoms with Crippen molar-refractivity contribution in [1.82, 2.24) is 25.0 Å². The summed E-state index contributed by atoms with van der Waals surface area (Å²) in [6.07, 6.45) is 3.82. The first-order chi connectivity index (χ1) is 15.4. The van der Waals surface area contributed by atoms with Crippen LogP contribution in [0.25, 0.3) is 22.2 Å². The van der Waals surface area contributed by atoms with Crippen molar-refractivity contribution in [3.63, 3.8) is 0 Å². The number of nitrogens with zero attached hydrogens (tertiary/aromatic N) is 3. The molecule has 170 valence electrons. The molecule has 0 unspecified atom stereocenters. The van der Waals surface area contributed by atoms with Gasteiger partial charge in [-0.3, -0.25) is 14.3 Å². The number of carbonyl (C=O) groups excluding carboxylic acids is 2. The molecule has 0 saturated carbocycles. The summed E-state index contributed by atoms with van der Waals surface area (Å²) < 4.78 is 1.77. The second kappa shape index (κ2) is 9.52. The Morgan fingerprint density at radius 3 is 2.91 bits per heavy atom. The van der Waals surface area contributed by atoms with Gasteiger partial charge in [-0.25, -0.2) is 0 Å². The Kier molecular flexibility index (Phi) is 6.74. The number of hydrogen-bond donors (Lipinski definition) is 3. The van der Waals surface area contributed by atoms with E-state index in [2.05, 4.69) is 15.4 Å². The SMILES string of the molecule is CCCC(=O)NCCn1ccc(-c2cc(Cl)c(Cl)c3[nH]c4c(c23)CN(C(=O)CO)CC4)n1. The lowest BCUT2D eigenvalue weighted by Gasteiger charge is -2.26. The van der Waals surface area contributed by atoms with Crippen molar-refractivity contribution >= 4 is 45.9 Å². The maximum absolute atomic E-state index is 12.1. The van der Waals surface area contributed by atoms with E-state index in [4.69, 9.17) is 23.2 Å². The number of nitrogens with one attached hydrogen (secondary N) is 2. The molecule has 4 rings (SSSR count). The molecule has 0 radical (unpaired) electrons. The Bertz CT molecular complexity index is 1170. The highest BCUT2D eigenvalue weighted by Crippen LogP contribution is 2.41. The molecule has 32 heavy (non-hydrogen) atoms. The molecule has 8 nitrogen and oxygen atoms in total. The number of halogens is 2. The van der Waals surface area contributed by atoms with Gasteiger partial charge >= 0.3 is 0 Å². The first-order valence-electron chi connectivity index (χ1n) is 10.6. The first kappa shape index (κ1) is 22.6. The monoisotopic (exact) mass is 477 g/mol. The molecule has 0 aliphatic carbocycles. The van der Waals surface area contributed by atoms with Gasteiger partial charge in [0.2, 0.25) is 11.8 Å². The van der Waals surface area contributed by atoms with E-state index in [1.165, 1.54) is 0 Å². The molecule has 10 heteroatoms. The summed E-state index contributed by atoms with van der Waals surface area (Å²) in [6, 6.07) is 3.69. The van der Waals surface area contributed by atoms with Crippen LogP contribution in [-0.4, -0.2) is 56.3 Å². The number of aromatic nitrogens is 3. The number of hydrogen-bond acceptors (Lipinski definition) is 4. The summed E-state index contributed by atoms with van der Waals surface area (Å²) in [6.45, 7) is 3.40. The number of aliphatic hydroxyl groups excluding tert-OH is 1. The van der Waals surface area contributed by atoms with Gasteiger partial charge in [-0.05, 0) is 18.6 Å². The third-order valence-electron chi connectivity index (χ3n) is 5.69. The first-order valence-corrected chi connectivity index (χ1v) is 11.4. The van der Waals surface area contributed by atoms with Gasteiger partial charge in [0.05, 0.1) is 27.8 Å². The number of aromatic amines is 1. The maximum Gasteiger partial charge on any atom is 0.248 e. The largest absolute Gasteiger partial charge is 0.387 e. The van der Waals surface area contributed by atoms with E-state index in [9.17, 15) is 14.7 Å². The molecule has 2 amide bonds. The summed E-state index contributed by atoms with van der Waals surface area (Å²) in [5.74, 6) is -0.270. The Morgan fingerprint density at radius 2 is 2.16 bits per heavy atom. The van der Waals surface area contributed by atoms with Gasteiger partial charge in [0.1, 0.15) is 6.61 Å². The Labute approximate surface area is 195 Å². The van der Waals surface area contributed by atoms with Crippen LogP contribution in [0.2, 0.25) is 10.0 Å². The van der Waals surface area contributed by atoms with Gasteiger partial charge in [0.15, 0.2) is 0 Å². The zero-order valence-corrected chi connectivity index (χ0v) is 19.3. The molecule has 0 spiro atoms. The number of aliphatic hydroxyl groups is 1. The highest BCUT2D eigenvalue weighted by atomic mass is 35.5. The number of H-pyrrole nitrogens is 1. The topological polar surface area (TPSA) is 103 Å². The van der Waals surface area contributed by atoms with Gasteiger partial charge in [-0.1, -0.05) is 30.1 Å². The Hall–Kier alpha value is -2.55. The molecule has 1 aliphatic heterocycles. The number of amides is 2. The number of benzene rings is 1. The van der Waals surface area contributed by atoms with Crippen LogP contribution in [0.3, 0.4) is 0 Å². The van der Waals surface area contributed by atoms with Crippen LogP contribution in [0.5, 0.6) is 0 Å². The molecule has 1 aliphatic rings. The predicted molar refractivity (Wildman–Crippen MR) is 124 cm³/mol. The van der Waals surface area contributed by atoms with Crippen LogP contribution in [0.1, 0.15) is 31.0 Å². The van der Waals surface area contributed by atoms with Gasteiger partial charge in [-0.2, -0.15) is 5.10 Å². The minimum Gasteiger partial charge on any atom is -0.387 e. The van der Waals surface area contributed by atoms with E-state index in [1.807, 2.05) is 19.2 Å². The summed E-state index contributed by atoms with van der Waals surface area (Å²) in [5.41, 5.74) is 4.23. The fourth-order valence-electron chi connectivity index (χ4n) is 4.11. The molecule has 1 aromatic carbocycles. The van der Waals surface area contributed by atoms with Gasteiger partial charge in [0.25, 0.3) is 0 Å². The van der Waals surface area contributed by atoms with Crippen molar-refractivity contribution < 1.29 is 14.7 Å². The standard InChI is InChI=1S/C22H25Cl2N5O3/c1-2-3-18(31)25-6-9-29-8-5-17(27-29)13-10-15(23)21(24)22-20(13)14-11-28(19(32)12-30)7-4-16(14)26-22/h5,8,10,26,30H,2-4,6-7,9,11-12H2,1H3,(H,25,31). The second-order valence-corrected chi connectivity index (χ2v) is 8.62. The normalized spacial score (nSPS) is 13.4. The fraction of sp³-hybridized carbons (Fsp3) is 0.409. The van der Waals surface area contributed by atoms with Crippen LogP contribution in [-0.2, 0) is 29.1 Å². The number of carbonyl (C=O) groups is 2. The minimum absolute atomic E-state index is 0.0343. The van der Waals surface area contributed by atoms with Gasteiger partial charge < -0.3 is 20.3 Å². The predicted octanol–water partition coefficient (Wildman–Crippen LogP) is 3.13. The highest BCUT2D eigenvalue weighted by molar-refractivity contribution is 6.45. The highest BCUT2D eigenvalue weighted by Gasteiger charge is 2.27. The van der Waals surface area contributed by atoms with Crippen molar-refractivity contribution in [1.29, 1.82) is 0 Å². The molecule has 0 saturated heterocycles. The van der Waals surface area contributed by atoms with Gasteiger partial charge in [-0.15, -0.1) is 0 Å². The van der Waals surface area contributed by atoms with Crippen LogP contribution in [0.15, 0.2) is 18.3 Å². The summed E-state index contributed by atoms with van der Waals surface area (Å²) in [7, 11) is 0. The van der Waals surface area contributed by atoms with Crippen LogP contribution in [0.4, 0.5) is 0 Å². The fourth-order valence-corrected chi connectivity index (χ4v) is 4.51. The summed E-state index contributed by atoms with van der Waals surface area (Å²) in [5, 5.41) is 18.6. The quantitative estimate of drug-likeness (QED) is 0.486. The van der Waals surface area contributed by atoms with Crippen molar-refractivity contribution in [3.8, 4) is 11.3 Å². The van der Waals surface area contributed by atoms with Crippen molar-refractivity contribution in [3.05, 3.63) is 39.6 Å². The minimum atomic E-state index is -0.518. The average molecular weight is 478 g/mol. The lowest BCUT2D eigenvalue weighted by atomic mass is 9.99. The Balaban J connectivity index is 1.67. The average Bonchev–Trinajstić information content (AvgIpc) is 3.40. The van der Waals surface area contributed by atoms with Crippen LogP contribution < -0.4 is 5.32 Å². The molecule has 3 heterocycles. The summed E-state index contributed by atoms with van der Waals surface area (Å²) in [4.78, 5) is 28.8. The molecular formula is C22H25Cl2N5O3. The van der Waals surface area contributed by atoms with Crippen molar-refractivity contribution in [2.45, 2.75) is 39.3 Å². The third kappa shape index (κ3) is 4.35. The van der Waals surface area contributed by atoms with E-state index in [0.717, 1.165) is 39.8 Å². The molecule has 0 bridgehead atoms. The van der Waals surface area contributed by atoms with Crippen molar-refractivity contribution in [2.75, 3.05) is 19.7 Å². The van der Waals surface area contributed by atoms with E-state index in [1.54, 1.807) is 15.6 Å². The van der Waals surface area contributed by atoms with E-state index >= 15 is 0 Å². The lowest BCUT2D eigenvalue weighted by molar-refractivity contribution is -0.135. The number of rotatable bonds is 7. The lowest BCUT2D eigenvalue weighted by Crippen LogP contribution is -2.37. The van der Waals surface area contributed by atoms with E-state index < -0.39 is 6.61 Å². The third-order valence-corrected chi connectivity index (χ3v) is 6.47. The molecule has 0 atom stereocenters. The van der Waals surface area contributed by atoms with Crippen LogP contribution in [0, 0.1) is 0 Å². The summed E-state index contributed by atoms with van der Waals surface area (Å²) >= 11 is 12.9. The molecule has 3 N–H and O–H groups in total. The zero-order valence-electron chi connectivity index (χ0n) is 17.8. The maximum atomic E-state index is 12.1. The number of fused-ring (bicyclic) bond motifs is 3.